The van der Waals surface area contributed by atoms with Crippen LogP contribution < -0.4 is 0 Å². The van der Waals surface area contributed by atoms with Crippen molar-refractivity contribution in [1.29, 1.82) is 0 Å². The molecule has 13 heavy (non-hydrogen) atoms. The monoisotopic (exact) mass is 180 g/mol. The van der Waals surface area contributed by atoms with E-state index in [0.29, 0.717) is 17.6 Å². The standard InChI is InChI=1S/C12H20O/c1-4-5-10-8-11(13)6-7-12(10)9(2)3/h4,9-10,12H,1,5-8H2,2-3H3/t10-,12+/m1/s1. The van der Waals surface area contributed by atoms with Crippen molar-refractivity contribution in [3.8, 4) is 0 Å². The van der Waals surface area contributed by atoms with Crippen molar-refractivity contribution in [2.75, 3.05) is 0 Å². The van der Waals surface area contributed by atoms with Crippen LogP contribution in [0.25, 0.3) is 0 Å². The Kier molecular flexibility index (Phi) is 3.71. The molecule has 0 radical (unpaired) electrons. The third-order valence-electron chi connectivity index (χ3n) is 3.18. The molecule has 0 aliphatic heterocycles. The zero-order chi connectivity index (χ0) is 9.84. The Labute approximate surface area is 81.2 Å². The minimum Gasteiger partial charge on any atom is -0.300 e. The zero-order valence-electron chi connectivity index (χ0n) is 8.75. The fourth-order valence-electron chi connectivity index (χ4n) is 2.46. The van der Waals surface area contributed by atoms with E-state index in [4.69, 9.17) is 0 Å². The van der Waals surface area contributed by atoms with Crippen LogP contribution in [0.1, 0.15) is 39.5 Å². The molecule has 0 aromatic heterocycles. The Balaban J connectivity index is 2.59. The van der Waals surface area contributed by atoms with Gasteiger partial charge >= 0.3 is 0 Å². The number of allylic oxidation sites excluding steroid dienone is 1. The fourth-order valence-corrected chi connectivity index (χ4v) is 2.46. The topological polar surface area (TPSA) is 17.1 Å². The first kappa shape index (κ1) is 10.5. The van der Waals surface area contributed by atoms with Crippen LogP contribution in [0, 0.1) is 17.8 Å². The second kappa shape index (κ2) is 4.59. The second-order valence-corrected chi connectivity index (χ2v) is 4.47. The maximum absolute atomic E-state index is 11.3. The Morgan fingerprint density at radius 1 is 1.62 bits per heavy atom. The van der Waals surface area contributed by atoms with E-state index >= 15 is 0 Å². The average Bonchev–Trinajstić information content (AvgIpc) is 2.04. The molecule has 1 saturated carbocycles. The van der Waals surface area contributed by atoms with Crippen molar-refractivity contribution < 1.29 is 4.79 Å². The summed E-state index contributed by atoms with van der Waals surface area (Å²) in [5.74, 6) is 2.45. The van der Waals surface area contributed by atoms with Gasteiger partial charge < -0.3 is 0 Å². The number of hydrogen-bond acceptors (Lipinski definition) is 1. The quantitative estimate of drug-likeness (QED) is 0.609. The average molecular weight is 180 g/mol. The molecule has 0 unspecified atom stereocenters. The largest absolute Gasteiger partial charge is 0.300 e. The zero-order valence-corrected chi connectivity index (χ0v) is 8.75. The minimum absolute atomic E-state index is 0.448. The highest BCUT2D eigenvalue weighted by atomic mass is 16.1. The lowest BCUT2D eigenvalue weighted by Crippen LogP contribution is -2.28. The molecule has 1 heteroatoms. The first-order chi connectivity index (χ1) is 6.15. The second-order valence-electron chi connectivity index (χ2n) is 4.47. The Morgan fingerprint density at radius 3 is 2.85 bits per heavy atom. The summed E-state index contributed by atoms with van der Waals surface area (Å²) in [4.78, 5) is 11.3. The van der Waals surface area contributed by atoms with Crippen LogP contribution in [0.15, 0.2) is 12.7 Å². The molecule has 1 aliphatic rings. The molecule has 0 aromatic carbocycles. The van der Waals surface area contributed by atoms with Crippen LogP contribution in [0.4, 0.5) is 0 Å². The maximum atomic E-state index is 11.3. The molecule has 0 bridgehead atoms. The lowest BCUT2D eigenvalue weighted by Gasteiger charge is -2.33. The lowest BCUT2D eigenvalue weighted by molar-refractivity contribution is -0.123. The van der Waals surface area contributed by atoms with Gasteiger partial charge in [0.1, 0.15) is 5.78 Å². The third kappa shape index (κ3) is 2.68. The summed E-state index contributed by atoms with van der Waals surface area (Å²) >= 11 is 0. The molecule has 0 amide bonds. The minimum atomic E-state index is 0.448. The molecule has 0 heterocycles. The van der Waals surface area contributed by atoms with E-state index < -0.39 is 0 Å². The van der Waals surface area contributed by atoms with Crippen molar-refractivity contribution in [1.82, 2.24) is 0 Å². The van der Waals surface area contributed by atoms with Gasteiger partial charge in [-0.15, -0.1) is 6.58 Å². The van der Waals surface area contributed by atoms with Crippen LogP contribution >= 0.6 is 0 Å². The summed E-state index contributed by atoms with van der Waals surface area (Å²) in [6.45, 7) is 8.28. The molecule has 1 fully saturated rings. The van der Waals surface area contributed by atoms with Gasteiger partial charge in [0.05, 0.1) is 0 Å². The van der Waals surface area contributed by atoms with Gasteiger partial charge in [-0.05, 0) is 30.6 Å². The summed E-state index contributed by atoms with van der Waals surface area (Å²) in [5.41, 5.74) is 0. The van der Waals surface area contributed by atoms with Crippen LogP contribution in [0.3, 0.4) is 0 Å². The van der Waals surface area contributed by atoms with Gasteiger partial charge in [0.15, 0.2) is 0 Å². The van der Waals surface area contributed by atoms with Crippen molar-refractivity contribution in [2.45, 2.75) is 39.5 Å². The summed E-state index contributed by atoms with van der Waals surface area (Å²) in [7, 11) is 0. The molecule has 2 atom stereocenters. The van der Waals surface area contributed by atoms with Gasteiger partial charge in [0, 0.05) is 12.8 Å². The molecule has 1 rings (SSSR count). The van der Waals surface area contributed by atoms with Crippen molar-refractivity contribution in [2.24, 2.45) is 17.8 Å². The summed E-state index contributed by atoms with van der Waals surface area (Å²) in [5, 5.41) is 0. The maximum Gasteiger partial charge on any atom is 0.133 e. The van der Waals surface area contributed by atoms with Crippen LogP contribution in [-0.2, 0) is 4.79 Å². The van der Waals surface area contributed by atoms with E-state index in [2.05, 4.69) is 20.4 Å². The van der Waals surface area contributed by atoms with Gasteiger partial charge in [-0.1, -0.05) is 19.9 Å². The third-order valence-corrected chi connectivity index (χ3v) is 3.18. The lowest BCUT2D eigenvalue weighted by atomic mass is 9.72. The number of rotatable bonds is 3. The van der Waals surface area contributed by atoms with Crippen LogP contribution in [-0.4, -0.2) is 5.78 Å². The van der Waals surface area contributed by atoms with E-state index in [9.17, 15) is 4.79 Å². The Morgan fingerprint density at radius 2 is 2.31 bits per heavy atom. The van der Waals surface area contributed by atoms with E-state index in [-0.39, 0.29) is 0 Å². The van der Waals surface area contributed by atoms with Gasteiger partial charge in [-0.25, -0.2) is 0 Å². The number of ketones is 1. The van der Waals surface area contributed by atoms with E-state index in [1.807, 2.05) is 6.08 Å². The van der Waals surface area contributed by atoms with Crippen molar-refractivity contribution in [3.05, 3.63) is 12.7 Å². The van der Waals surface area contributed by atoms with Gasteiger partial charge in [-0.2, -0.15) is 0 Å². The number of carbonyl (C=O) groups is 1. The summed E-state index contributed by atoms with van der Waals surface area (Å²) in [6.07, 6.45) is 5.65. The van der Waals surface area contributed by atoms with Crippen molar-refractivity contribution >= 4 is 5.78 Å². The van der Waals surface area contributed by atoms with Crippen LogP contribution in [0.2, 0.25) is 0 Å². The highest BCUT2D eigenvalue weighted by molar-refractivity contribution is 5.79. The molecule has 74 valence electrons. The van der Waals surface area contributed by atoms with Crippen LogP contribution in [0.5, 0.6) is 0 Å². The van der Waals surface area contributed by atoms with E-state index in [1.54, 1.807) is 0 Å². The molecular formula is C12H20O. The molecule has 0 N–H and O–H groups in total. The Bertz CT molecular complexity index is 193. The molecule has 0 spiro atoms. The Hall–Kier alpha value is -0.590. The number of Topliss-reactive ketones (excluding diaryl/α,β-unsaturated/α-hetero) is 1. The molecule has 1 aliphatic carbocycles. The normalized spacial score (nSPS) is 29.3. The molecular weight excluding hydrogens is 160 g/mol. The highest BCUT2D eigenvalue weighted by Gasteiger charge is 2.29. The first-order valence-electron chi connectivity index (χ1n) is 5.27. The number of hydrogen-bond donors (Lipinski definition) is 0. The predicted molar refractivity (Wildman–Crippen MR) is 55.5 cm³/mol. The number of carbonyl (C=O) groups excluding carboxylic acids is 1. The fraction of sp³-hybridized carbons (Fsp3) is 0.750. The predicted octanol–water partition coefficient (Wildman–Crippen LogP) is 3.20. The smallest absolute Gasteiger partial charge is 0.133 e. The highest BCUT2D eigenvalue weighted by Crippen LogP contribution is 2.35. The molecule has 0 aromatic rings. The SMILES string of the molecule is C=CC[C@@H]1CC(=O)CC[C@H]1C(C)C. The van der Waals surface area contributed by atoms with Gasteiger partial charge in [0.2, 0.25) is 0 Å². The summed E-state index contributed by atoms with van der Waals surface area (Å²) < 4.78 is 0. The van der Waals surface area contributed by atoms with Gasteiger partial charge in [-0.3, -0.25) is 4.79 Å². The first-order valence-corrected chi connectivity index (χ1v) is 5.27. The van der Waals surface area contributed by atoms with Crippen molar-refractivity contribution in [3.63, 3.8) is 0 Å². The van der Waals surface area contributed by atoms with E-state index in [0.717, 1.165) is 31.6 Å². The summed E-state index contributed by atoms with van der Waals surface area (Å²) in [6, 6.07) is 0. The molecule has 0 saturated heterocycles. The molecule has 1 nitrogen and oxygen atoms in total. The van der Waals surface area contributed by atoms with E-state index in [1.165, 1.54) is 0 Å². The van der Waals surface area contributed by atoms with Gasteiger partial charge in [0.25, 0.3) is 0 Å².